The summed E-state index contributed by atoms with van der Waals surface area (Å²) in [5, 5.41) is 6.45. The molecule has 39 heavy (non-hydrogen) atoms. The van der Waals surface area contributed by atoms with Gasteiger partial charge in [-0.3, -0.25) is 24.6 Å². The molecular formula is C31H43N5O3. The van der Waals surface area contributed by atoms with Crippen molar-refractivity contribution in [2.45, 2.75) is 75.9 Å². The number of piperidine rings is 1. The highest BCUT2D eigenvalue weighted by Crippen LogP contribution is 2.60. The van der Waals surface area contributed by atoms with Crippen LogP contribution >= 0.6 is 0 Å². The monoisotopic (exact) mass is 533 g/mol. The number of piperazine rings is 1. The molecule has 2 N–H and O–H groups in total. The molecule has 3 aliphatic heterocycles. The Bertz CT molecular complexity index is 1130. The predicted octanol–water partition coefficient (Wildman–Crippen LogP) is 2.17. The van der Waals surface area contributed by atoms with Crippen LogP contribution in [0.2, 0.25) is 0 Å². The second kappa shape index (κ2) is 10.3. The molecule has 4 aliphatic carbocycles. The Morgan fingerprint density at radius 1 is 0.949 bits per heavy atom. The van der Waals surface area contributed by atoms with Crippen molar-refractivity contribution in [3.8, 4) is 0 Å². The van der Waals surface area contributed by atoms with E-state index in [1.807, 2.05) is 12.1 Å². The summed E-state index contributed by atoms with van der Waals surface area (Å²) in [6.07, 6.45) is 10.1. The van der Waals surface area contributed by atoms with E-state index in [4.69, 9.17) is 0 Å². The minimum Gasteiger partial charge on any atom is -0.322 e. The van der Waals surface area contributed by atoms with Crippen molar-refractivity contribution in [2.24, 2.45) is 17.8 Å². The maximum atomic E-state index is 13.1. The molecule has 8 nitrogen and oxygen atoms in total. The number of nitrogens with zero attached hydrogens (tertiary/aromatic N) is 3. The van der Waals surface area contributed by atoms with Crippen molar-refractivity contribution in [3.05, 3.63) is 34.9 Å². The van der Waals surface area contributed by atoms with E-state index in [1.54, 1.807) is 4.90 Å². The average molecular weight is 534 g/mol. The van der Waals surface area contributed by atoms with Crippen LogP contribution in [0.5, 0.6) is 0 Å². The third kappa shape index (κ3) is 4.82. The molecule has 4 saturated carbocycles. The molecular weight excluding hydrogens is 490 g/mol. The topological polar surface area (TPSA) is 85.0 Å². The number of rotatable bonds is 9. The average Bonchev–Trinajstić information content (AvgIpc) is 3.47. The molecule has 6 fully saturated rings. The zero-order chi connectivity index (χ0) is 26.6. The minimum absolute atomic E-state index is 0.0836. The molecule has 8 heteroatoms. The largest absolute Gasteiger partial charge is 0.322 e. The second-order valence-electron chi connectivity index (χ2n) is 13.3. The fourth-order valence-electron chi connectivity index (χ4n) is 9.16. The van der Waals surface area contributed by atoms with Gasteiger partial charge in [-0.05, 0) is 92.9 Å². The van der Waals surface area contributed by atoms with Gasteiger partial charge >= 0.3 is 0 Å². The van der Waals surface area contributed by atoms with Gasteiger partial charge in [-0.1, -0.05) is 12.1 Å². The second-order valence-corrected chi connectivity index (χ2v) is 13.3. The Morgan fingerprint density at radius 3 is 2.44 bits per heavy atom. The van der Waals surface area contributed by atoms with Crippen molar-refractivity contribution in [1.82, 2.24) is 25.3 Å². The summed E-state index contributed by atoms with van der Waals surface area (Å²) < 4.78 is 0. The predicted molar refractivity (Wildman–Crippen MR) is 148 cm³/mol. The van der Waals surface area contributed by atoms with Crippen LogP contribution in [0.4, 0.5) is 0 Å². The van der Waals surface area contributed by atoms with Gasteiger partial charge in [-0.15, -0.1) is 0 Å². The molecule has 0 aromatic heterocycles. The molecule has 0 radical (unpaired) electrons. The zero-order valence-electron chi connectivity index (χ0n) is 23.1. The molecule has 3 unspecified atom stereocenters. The molecule has 1 aromatic carbocycles. The van der Waals surface area contributed by atoms with E-state index in [0.29, 0.717) is 18.5 Å². The molecule has 7 aliphatic rings. The molecule has 210 valence electrons. The van der Waals surface area contributed by atoms with Gasteiger partial charge in [0.05, 0.1) is 0 Å². The van der Waals surface area contributed by atoms with Crippen LogP contribution in [0.1, 0.15) is 72.9 Å². The van der Waals surface area contributed by atoms with Gasteiger partial charge in [0.15, 0.2) is 0 Å². The first-order valence-corrected chi connectivity index (χ1v) is 15.4. The number of benzene rings is 1. The van der Waals surface area contributed by atoms with E-state index in [-0.39, 0.29) is 24.1 Å². The maximum absolute atomic E-state index is 13.1. The number of imide groups is 1. The van der Waals surface area contributed by atoms with Crippen LogP contribution in [-0.2, 0) is 22.6 Å². The molecule has 3 amide bonds. The van der Waals surface area contributed by atoms with E-state index in [1.165, 1.54) is 44.2 Å². The third-order valence-electron chi connectivity index (χ3n) is 11.0. The van der Waals surface area contributed by atoms with E-state index in [0.717, 1.165) is 81.0 Å². The van der Waals surface area contributed by atoms with Crippen molar-refractivity contribution in [2.75, 3.05) is 45.8 Å². The first kappa shape index (κ1) is 25.7. The highest BCUT2D eigenvalue weighted by Gasteiger charge is 2.57. The van der Waals surface area contributed by atoms with Gasteiger partial charge in [0.25, 0.3) is 5.91 Å². The van der Waals surface area contributed by atoms with Crippen LogP contribution < -0.4 is 10.6 Å². The Morgan fingerprint density at radius 2 is 1.69 bits per heavy atom. The molecule has 0 spiro atoms. The molecule has 2 saturated heterocycles. The number of fused-ring (bicyclic) bond motifs is 1. The molecule has 1 aromatic rings. The number of carbonyl (C=O) groups is 3. The summed E-state index contributed by atoms with van der Waals surface area (Å²) >= 11 is 0. The van der Waals surface area contributed by atoms with Crippen molar-refractivity contribution in [3.63, 3.8) is 0 Å². The fourth-order valence-corrected chi connectivity index (χ4v) is 9.16. The normalized spacial score (nSPS) is 34.3. The SMILES string of the molecule is O=C1CCC(N2Cc3c(CCCN4CCN(CCNC56CC7CC(CC5C7)C6)CC4)cccc3C2=O)C(=O)N1. The zero-order valence-corrected chi connectivity index (χ0v) is 23.1. The number of amides is 3. The maximum Gasteiger partial charge on any atom is 0.255 e. The van der Waals surface area contributed by atoms with Gasteiger partial charge in [-0.2, -0.15) is 0 Å². The van der Waals surface area contributed by atoms with Gasteiger partial charge in [-0.25, -0.2) is 0 Å². The third-order valence-corrected chi connectivity index (χ3v) is 11.0. The smallest absolute Gasteiger partial charge is 0.255 e. The van der Waals surface area contributed by atoms with Crippen molar-refractivity contribution < 1.29 is 14.4 Å². The first-order valence-electron chi connectivity index (χ1n) is 15.4. The van der Waals surface area contributed by atoms with Crippen LogP contribution in [0.25, 0.3) is 0 Å². The highest BCUT2D eigenvalue weighted by atomic mass is 16.2. The summed E-state index contributed by atoms with van der Waals surface area (Å²) in [6.45, 7) is 8.42. The van der Waals surface area contributed by atoms with Crippen molar-refractivity contribution in [1.29, 1.82) is 0 Å². The lowest BCUT2D eigenvalue weighted by Gasteiger charge is -2.37. The summed E-state index contributed by atoms with van der Waals surface area (Å²) in [7, 11) is 0. The van der Waals surface area contributed by atoms with Gasteiger partial charge < -0.3 is 15.1 Å². The Hall–Kier alpha value is -2.29. The van der Waals surface area contributed by atoms with Gasteiger partial charge in [0.2, 0.25) is 11.8 Å². The van der Waals surface area contributed by atoms with E-state index >= 15 is 0 Å². The van der Waals surface area contributed by atoms with Crippen LogP contribution in [-0.4, -0.2) is 89.8 Å². The molecule has 8 rings (SSSR count). The lowest BCUT2D eigenvalue weighted by Crippen LogP contribution is -2.52. The van der Waals surface area contributed by atoms with Gasteiger partial charge in [0, 0.05) is 63.3 Å². The summed E-state index contributed by atoms with van der Waals surface area (Å²) in [6, 6.07) is 5.43. The highest BCUT2D eigenvalue weighted by molar-refractivity contribution is 6.05. The number of hydrogen-bond acceptors (Lipinski definition) is 6. The summed E-state index contributed by atoms with van der Waals surface area (Å²) in [5.74, 6) is 2.31. The Balaban J connectivity index is 0.852. The number of aryl methyl sites for hydroxylation is 1. The molecule has 3 heterocycles. The molecule has 3 atom stereocenters. The van der Waals surface area contributed by atoms with E-state index in [9.17, 15) is 14.4 Å². The molecule has 4 bridgehead atoms. The number of carbonyl (C=O) groups excluding carboxylic acids is 3. The van der Waals surface area contributed by atoms with Gasteiger partial charge in [0.1, 0.15) is 6.04 Å². The van der Waals surface area contributed by atoms with Crippen LogP contribution in [0.3, 0.4) is 0 Å². The number of nitrogens with one attached hydrogen (secondary N) is 2. The lowest BCUT2D eigenvalue weighted by molar-refractivity contribution is -0.136. The first-order chi connectivity index (χ1) is 19.0. The Labute approximate surface area is 231 Å². The van der Waals surface area contributed by atoms with Crippen molar-refractivity contribution >= 4 is 17.7 Å². The standard InChI is InChI=1S/C31H43N5O3/c37-28-7-6-27(29(38)33-28)36-20-26-23(3-1-5-25(26)30(36)39)4-2-9-34-11-13-35(14-12-34)10-8-32-31-18-21-15-22(19-31)17-24(31)16-21/h1,3,5,21-22,24,27,32H,2,4,6-20H2,(H,33,37,38). The Kier molecular flexibility index (Phi) is 6.76. The number of hydrogen-bond donors (Lipinski definition) is 2. The fraction of sp³-hybridized carbons (Fsp3) is 0.710. The quantitative estimate of drug-likeness (QED) is 0.474. The lowest BCUT2D eigenvalue weighted by atomic mass is 9.80. The summed E-state index contributed by atoms with van der Waals surface area (Å²) in [4.78, 5) is 43.9. The van der Waals surface area contributed by atoms with Crippen LogP contribution in [0.15, 0.2) is 18.2 Å². The minimum atomic E-state index is -0.551. The summed E-state index contributed by atoms with van der Waals surface area (Å²) in [5.41, 5.74) is 3.50. The van der Waals surface area contributed by atoms with E-state index < -0.39 is 6.04 Å². The van der Waals surface area contributed by atoms with Crippen LogP contribution in [0, 0.1) is 17.8 Å². The van der Waals surface area contributed by atoms with E-state index in [2.05, 4.69) is 26.5 Å².